The minimum Gasteiger partial charge on any atom is -0.336 e. The summed E-state index contributed by atoms with van der Waals surface area (Å²) in [5.74, 6) is -0.634. The Morgan fingerprint density at radius 2 is 2.35 bits per heavy atom. The van der Waals surface area contributed by atoms with Crippen molar-refractivity contribution < 1.29 is 9.18 Å². The summed E-state index contributed by atoms with van der Waals surface area (Å²) >= 11 is 3.19. The van der Waals surface area contributed by atoms with Gasteiger partial charge in [-0.25, -0.2) is 4.39 Å². The molecule has 1 aliphatic rings. The fraction of sp³-hybridized carbons (Fsp3) is 0.462. The van der Waals surface area contributed by atoms with Gasteiger partial charge in [0.1, 0.15) is 5.82 Å². The quantitative estimate of drug-likeness (QED) is 0.817. The van der Waals surface area contributed by atoms with Crippen molar-refractivity contribution in [3.8, 4) is 0 Å². The van der Waals surface area contributed by atoms with Gasteiger partial charge in [-0.05, 0) is 37.5 Å². The molecular formula is C13H15BrFNO. The Balaban J connectivity index is 2.24. The Morgan fingerprint density at radius 3 is 3.00 bits per heavy atom. The van der Waals surface area contributed by atoms with Crippen LogP contribution in [0.2, 0.25) is 0 Å². The molecule has 1 fully saturated rings. The molecule has 0 spiro atoms. The van der Waals surface area contributed by atoms with Crippen molar-refractivity contribution in [1.82, 2.24) is 4.90 Å². The third-order valence-electron chi connectivity index (χ3n) is 3.27. The molecule has 1 heterocycles. The van der Waals surface area contributed by atoms with Gasteiger partial charge in [-0.3, -0.25) is 4.79 Å². The molecule has 92 valence electrons. The summed E-state index contributed by atoms with van der Waals surface area (Å²) in [6, 6.07) is 4.86. The number of benzene rings is 1. The van der Waals surface area contributed by atoms with Gasteiger partial charge in [-0.2, -0.15) is 0 Å². The summed E-state index contributed by atoms with van der Waals surface area (Å²) < 4.78 is 14.4. The molecule has 0 radical (unpaired) electrons. The second kappa shape index (κ2) is 5.17. The van der Waals surface area contributed by atoms with Crippen LogP contribution in [0.15, 0.2) is 22.7 Å². The molecule has 1 aromatic rings. The van der Waals surface area contributed by atoms with Crippen molar-refractivity contribution in [3.63, 3.8) is 0 Å². The first-order chi connectivity index (χ1) is 8.13. The standard InChI is InChI=1S/C13H15BrFNO/c1-2-10-4-3-7-16(10)13(17)11-6-5-9(14)8-12(11)15/h5-6,8,10H,2-4,7H2,1H3. The van der Waals surface area contributed by atoms with E-state index in [2.05, 4.69) is 22.9 Å². The monoisotopic (exact) mass is 299 g/mol. The second-order valence-electron chi connectivity index (χ2n) is 4.33. The largest absolute Gasteiger partial charge is 0.336 e. The van der Waals surface area contributed by atoms with E-state index >= 15 is 0 Å². The Kier molecular flexibility index (Phi) is 3.82. The molecule has 0 saturated carbocycles. The molecule has 1 amide bonds. The van der Waals surface area contributed by atoms with Crippen LogP contribution in [-0.2, 0) is 0 Å². The number of halogens is 2. The van der Waals surface area contributed by atoms with E-state index in [0.29, 0.717) is 4.47 Å². The van der Waals surface area contributed by atoms with Gasteiger partial charge in [0.05, 0.1) is 5.56 Å². The third-order valence-corrected chi connectivity index (χ3v) is 3.76. The van der Waals surface area contributed by atoms with Crippen LogP contribution in [0.4, 0.5) is 4.39 Å². The highest BCUT2D eigenvalue weighted by Crippen LogP contribution is 2.24. The Bertz CT molecular complexity index is 435. The minimum absolute atomic E-state index is 0.175. The van der Waals surface area contributed by atoms with E-state index in [1.54, 1.807) is 17.0 Å². The average molecular weight is 300 g/mol. The van der Waals surface area contributed by atoms with Crippen molar-refractivity contribution in [2.75, 3.05) is 6.54 Å². The minimum atomic E-state index is -0.453. The maximum Gasteiger partial charge on any atom is 0.257 e. The molecule has 1 unspecified atom stereocenters. The topological polar surface area (TPSA) is 20.3 Å². The van der Waals surface area contributed by atoms with Crippen molar-refractivity contribution >= 4 is 21.8 Å². The molecule has 0 aromatic heterocycles. The highest BCUT2D eigenvalue weighted by atomic mass is 79.9. The Hall–Kier alpha value is -0.900. The number of rotatable bonds is 2. The normalized spacial score (nSPS) is 19.7. The number of hydrogen-bond acceptors (Lipinski definition) is 1. The Morgan fingerprint density at radius 1 is 1.59 bits per heavy atom. The van der Waals surface area contributed by atoms with Crippen molar-refractivity contribution in [1.29, 1.82) is 0 Å². The molecule has 0 N–H and O–H groups in total. The molecule has 1 saturated heterocycles. The van der Waals surface area contributed by atoms with E-state index in [1.807, 2.05) is 0 Å². The molecule has 0 aliphatic carbocycles. The van der Waals surface area contributed by atoms with Crippen LogP contribution in [0, 0.1) is 5.82 Å². The van der Waals surface area contributed by atoms with Crippen LogP contribution in [0.5, 0.6) is 0 Å². The lowest BCUT2D eigenvalue weighted by Gasteiger charge is -2.23. The summed E-state index contributed by atoms with van der Waals surface area (Å²) in [4.78, 5) is 14.0. The smallest absolute Gasteiger partial charge is 0.257 e. The fourth-order valence-corrected chi connectivity index (χ4v) is 2.68. The fourth-order valence-electron chi connectivity index (χ4n) is 2.35. The molecule has 2 nitrogen and oxygen atoms in total. The molecule has 17 heavy (non-hydrogen) atoms. The third kappa shape index (κ3) is 2.51. The summed E-state index contributed by atoms with van der Waals surface area (Å²) in [5.41, 5.74) is 0.175. The highest BCUT2D eigenvalue weighted by molar-refractivity contribution is 9.10. The van der Waals surface area contributed by atoms with E-state index < -0.39 is 5.82 Å². The van der Waals surface area contributed by atoms with Crippen LogP contribution < -0.4 is 0 Å². The maximum atomic E-state index is 13.7. The van der Waals surface area contributed by atoms with Crippen LogP contribution >= 0.6 is 15.9 Å². The van der Waals surface area contributed by atoms with Gasteiger partial charge in [0, 0.05) is 17.1 Å². The van der Waals surface area contributed by atoms with Crippen LogP contribution in [-0.4, -0.2) is 23.4 Å². The lowest BCUT2D eigenvalue weighted by Crippen LogP contribution is -2.35. The van der Waals surface area contributed by atoms with Gasteiger partial charge < -0.3 is 4.90 Å². The van der Waals surface area contributed by atoms with Crippen molar-refractivity contribution in [3.05, 3.63) is 34.1 Å². The second-order valence-corrected chi connectivity index (χ2v) is 5.24. The first-order valence-electron chi connectivity index (χ1n) is 5.89. The lowest BCUT2D eigenvalue weighted by molar-refractivity contribution is 0.0729. The van der Waals surface area contributed by atoms with Gasteiger partial charge in [0.15, 0.2) is 0 Å². The van der Waals surface area contributed by atoms with Crippen molar-refractivity contribution in [2.45, 2.75) is 32.2 Å². The zero-order valence-electron chi connectivity index (χ0n) is 9.75. The number of hydrogen-bond donors (Lipinski definition) is 0. The molecule has 2 rings (SSSR count). The molecule has 0 bridgehead atoms. The maximum absolute atomic E-state index is 13.7. The van der Waals surface area contributed by atoms with Gasteiger partial charge in [0.2, 0.25) is 0 Å². The first-order valence-corrected chi connectivity index (χ1v) is 6.68. The van der Waals surface area contributed by atoms with E-state index in [4.69, 9.17) is 0 Å². The van der Waals surface area contributed by atoms with Crippen LogP contribution in [0.3, 0.4) is 0 Å². The van der Waals surface area contributed by atoms with Gasteiger partial charge in [-0.15, -0.1) is 0 Å². The van der Waals surface area contributed by atoms with Crippen LogP contribution in [0.25, 0.3) is 0 Å². The number of likely N-dealkylation sites (tertiary alicyclic amines) is 1. The van der Waals surface area contributed by atoms with E-state index in [-0.39, 0.29) is 17.5 Å². The summed E-state index contributed by atoms with van der Waals surface area (Å²) in [5, 5.41) is 0. The van der Waals surface area contributed by atoms with Gasteiger partial charge >= 0.3 is 0 Å². The molecule has 1 aliphatic heterocycles. The number of amides is 1. The van der Waals surface area contributed by atoms with E-state index in [0.717, 1.165) is 25.8 Å². The summed E-state index contributed by atoms with van der Waals surface area (Å²) in [7, 11) is 0. The van der Waals surface area contributed by atoms with E-state index in [1.165, 1.54) is 6.07 Å². The van der Waals surface area contributed by atoms with Gasteiger partial charge in [-0.1, -0.05) is 22.9 Å². The number of nitrogens with zero attached hydrogens (tertiary/aromatic N) is 1. The van der Waals surface area contributed by atoms with Crippen molar-refractivity contribution in [2.24, 2.45) is 0 Å². The van der Waals surface area contributed by atoms with Crippen LogP contribution in [0.1, 0.15) is 36.5 Å². The zero-order chi connectivity index (χ0) is 12.4. The van der Waals surface area contributed by atoms with Gasteiger partial charge in [0.25, 0.3) is 5.91 Å². The summed E-state index contributed by atoms with van der Waals surface area (Å²) in [6.45, 7) is 2.81. The Labute approximate surface area is 109 Å². The predicted octanol–water partition coefficient (Wildman–Crippen LogP) is 3.60. The molecule has 4 heteroatoms. The predicted molar refractivity (Wildman–Crippen MR) is 68.4 cm³/mol. The highest BCUT2D eigenvalue weighted by Gasteiger charge is 2.29. The zero-order valence-corrected chi connectivity index (χ0v) is 11.3. The van der Waals surface area contributed by atoms with E-state index in [9.17, 15) is 9.18 Å². The molecular weight excluding hydrogens is 285 g/mol. The molecule has 1 aromatic carbocycles. The number of carbonyl (C=O) groups is 1. The first kappa shape index (κ1) is 12.6. The SMILES string of the molecule is CCC1CCCN1C(=O)c1ccc(Br)cc1F. The molecule has 1 atom stereocenters. The summed E-state index contributed by atoms with van der Waals surface area (Å²) in [6.07, 6.45) is 2.98. The number of carbonyl (C=O) groups excluding carboxylic acids is 1. The average Bonchev–Trinajstić information content (AvgIpc) is 2.76. The lowest BCUT2D eigenvalue weighted by atomic mass is 10.1.